The summed E-state index contributed by atoms with van der Waals surface area (Å²) in [7, 11) is 0. The van der Waals surface area contributed by atoms with E-state index in [9.17, 15) is 19.2 Å². The topological polar surface area (TPSA) is 103 Å². The number of carbonyl (C=O) groups excluding carboxylic acids is 4. The standard InChI is InChI=1S/C24H25NO7S/c1-4-5-12-30-23(28)17-8-6-16(7-9-17)19-11-10-18(32-19)13-20-22(27)25(24(29)33-20)14-21(26)31-15(2)3/h6-11,13,15H,4-5,12,14H2,1-3H3/b20-13-. The van der Waals surface area contributed by atoms with Crippen LogP contribution in [0.2, 0.25) is 0 Å². The van der Waals surface area contributed by atoms with Crippen LogP contribution in [0.15, 0.2) is 45.7 Å². The van der Waals surface area contributed by atoms with Crippen molar-refractivity contribution in [2.24, 2.45) is 0 Å². The fourth-order valence-corrected chi connectivity index (χ4v) is 3.76. The molecule has 2 amide bonds. The third-order valence-corrected chi connectivity index (χ3v) is 5.47. The first kappa shape index (κ1) is 24.3. The van der Waals surface area contributed by atoms with Crippen LogP contribution >= 0.6 is 11.8 Å². The summed E-state index contributed by atoms with van der Waals surface area (Å²) >= 11 is 0.735. The van der Waals surface area contributed by atoms with Gasteiger partial charge in [-0.1, -0.05) is 25.5 Å². The minimum Gasteiger partial charge on any atom is -0.462 e. The maximum absolute atomic E-state index is 12.5. The van der Waals surface area contributed by atoms with E-state index >= 15 is 0 Å². The number of rotatable bonds is 9. The zero-order valence-electron chi connectivity index (χ0n) is 18.7. The molecule has 1 aromatic carbocycles. The Morgan fingerprint density at radius 2 is 1.85 bits per heavy atom. The smallest absolute Gasteiger partial charge is 0.338 e. The van der Waals surface area contributed by atoms with Crippen molar-refractivity contribution in [3.8, 4) is 11.3 Å². The first-order valence-electron chi connectivity index (χ1n) is 10.6. The van der Waals surface area contributed by atoms with Gasteiger partial charge in [-0.25, -0.2) is 4.79 Å². The zero-order chi connectivity index (χ0) is 24.0. The lowest BCUT2D eigenvalue weighted by atomic mass is 10.1. The van der Waals surface area contributed by atoms with Crippen molar-refractivity contribution in [2.75, 3.05) is 13.2 Å². The molecule has 0 saturated carbocycles. The quantitative estimate of drug-likeness (QED) is 0.289. The van der Waals surface area contributed by atoms with Gasteiger partial charge in [-0.15, -0.1) is 0 Å². The molecule has 0 atom stereocenters. The zero-order valence-corrected chi connectivity index (χ0v) is 19.5. The number of esters is 2. The Morgan fingerprint density at radius 1 is 1.12 bits per heavy atom. The van der Waals surface area contributed by atoms with E-state index in [1.807, 2.05) is 6.92 Å². The van der Waals surface area contributed by atoms with Gasteiger partial charge in [0.1, 0.15) is 18.1 Å². The molecule has 2 heterocycles. The van der Waals surface area contributed by atoms with Crippen LogP contribution in [-0.4, -0.2) is 47.2 Å². The van der Waals surface area contributed by atoms with Gasteiger partial charge in [-0.05, 0) is 56.3 Å². The number of carbonyl (C=O) groups is 4. The highest BCUT2D eigenvalue weighted by Crippen LogP contribution is 2.33. The molecular weight excluding hydrogens is 446 g/mol. The van der Waals surface area contributed by atoms with Gasteiger partial charge in [0.25, 0.3) is 11.1 Å². The molecule has 3 rings (SSSR count). The van der Waals surface area contributed by atoms with Crippen LogP contribution in [0.5, 0.6) is 0 Å². The normalized spacial score (nSPS) is 14.9. The lowest BCUT2D eigenvalue weighted by molar-refractivity contribution is -0.149. The number of ether oxygens (including phenoxy) is 2. The summed E-state index contributed by atoms with van der Waals surface area (Å²) < 4.78 is 16.0. The minimum atomic E-state index is -0.647. The molecule has 0 aliphatic carbocycles. The third-order valence-electron chi connectivity index (χ3n) is 4.56. The van der Waals surface area contributed by atoms with Crippen LogP contribution in [0.1, 0.15) is 49.7 Å². The molecule has 0 bridgehead atoms. The summed E-state index contributed by atoms with van der Waals surface area (Å²) in [4.78, 5) is 49.5. The summed E-state index contributed by atoms with van der Waals surface area (Å²) in [6, 6.07) is 10.2. The van der Waals surface area contributed by atoms with Crippen molar-refractivity contribution in [1.82, 2.24) is 4.90 Å². The number of hydrogen-bond acceptors (Lipinski definition) is 8. The van der Waals surface area contributed by atoms with Crippen molar-refractivity contribution >= 4 is 40.9 Å². The monoisotopic (exact) mass is 471 g/mol. The second-order valence-corrected chi connectivity index (χ2v) is 8.57. The molecule has 1 aliphatic heterocycles. The van der Waals surface area contributed by atoms with Crippen molar-refractivity contribution < 1.29 is 33.1 Å². The molecule has 2 aromatic rings. The summed E-state index contributed by atoms with van der Waals surface area (Å²) in [6.07, 6.45) is 2.89. The van der Waals surface area contributed by atoms with E-state index in [0.29, 0.717) is 23.7 Å². The van der Waals surface area contributed by atoms with E-state index < -0.39 is 23.7 Å². The molecule has 8 nitrogen and oxygen atoms in total. The van der Waals surface area contributed by atoms with Crippen LogP contribution in [0, 0.1) is 0 Å². The summed E-state index contributed by atoms with van der Waals surface area (Å²) in [6.45, 7) is 5.36. The molecule has 0 unspecified atom stereocenters. The molecule has 1 saturated heterocycles. The van der Waals surface area contributed by atoms with E-state index in [1.54, 1.807) is 50.2 Å². The number of furan rings is 1. The SMILES string of the molecule is CCCCOC(=O)c1ccc(-c2ccc(/C=C3\SC(=O)N(CC(=O)OC(C)C)C3=O)o2)cc1. The Kier molecular flexibility index (Phi) is 8.11. The Balaban J connectivity index is 1.66. The van der Waals surface area contributed by atoms with E-state index in [-0.39, 0.29) is 17.0 Å². The maximum atomic E-state index is 12.5. The first-order chi connectivity index (χ1) is 15.8. The molecule has 1 fully saturated rings. The molecule has 0 radical (unpaired) electrons. The Morgan fingerprint density at radius 3 is 2.52 bits per heavy atom. The summed E-state index contributed by atoms with van der Waals surface area (Å²) in [5.74, 6) is -0.681. The maximum Gasteiger partial charge on any atom is 0.338 e. The number of hydrogen-bond donors (Lipinski definition) is 0. The number of imide groups is 1. The number of thioether (sulfide) groups is 1. The number of benzene rings is 1. The second kappa shape index (κ2) is 11.0. The van der Waals surface area contributed by atoms with Crippen molar-refractivity contribution in [3.05, 3.63) is 52.6 Å². The van der Waals surface area contributed by atoms with E-state index in [4.69, 9.17) is 13.9 Å². The number of nitrogens with zero attached hydrogens (tertiary/aromatic N) is 1. The molecule has 33 heavy (non-hydrogen) atoms. The predicted molar refractivity (Wildman–Crippen MR) is 123 cm³/mol. The fourth-order valence-electron chi connectivity index (χ4n) is 2.94. The van der Waals surface area contributed by atoms with Gasteiger partial charge in [0, 0.05) is 11.6 Å². The highest BCUT2D eigenvalue weighted by atomic mass is 32.2. The van der Waals surface area contributed by atoms with E-state index in [2.05, 4.69) is 0 Å². The van der Waals surface area contributed by atoms with Gasteiger partial charge in [0.05, 0.1) is 23.2 Å². The average Bonchev–Trinajstić information content (AvgIpc) is 3.34. The Labute approximate surface area is 195 Å². The van der Waals surface area contributed by atoms with Gasteiger partial charge in [0.2, 0.25) is 0 Å². The van der Waals surface area contributed by atoms with Crippen molar-refractivity contribution in [1.29, 1.82) is 0 Å². The highest BCUT2D eigenvalue weighted by molar-refractivity contribution is 8.18. The van der Waals surface area contributed by atoms with Gasteiger partial charge in [-0.2, -0.15) is 0 Å². The number of amides is 2. The van der Waals surface area contributed by atoms with Gasteiger partial charge in [-0.3, -0.25) is 19.3 Å². The predicted octanol–water partition coefficient (Wildman–Crippen LogP) is 4.89. The van der Waals surface area contributed by atoms with E-state index in [0.717, 1.165) is 35.1 Å². The second-order valence-electron chi connectivity index (χ2n) is 7.58. The van der Waals surface area contributed by atoms with Gasteiger partial charge in [0.15, 0.2) is 0 Å². The average molecular weight is 472 g/mol. The largest absolute Gasteiger partial charge is 0.462 e. The van der Waals surface area contributed by atoms with Crippen LogP contribution in [0.3, 0.4) is 0 Å². The number of unbranched alkanes of at least 4 members (excludes halogenated alkanes) is 1. The Hall–Kier alpha value is -3.33. The first-order valence-corrected chi connectivity index (χ1v) is 11.4. The lowest BCUT2D eigenvalue weighted by Gasteiger charge is -2.13. The highest BCUT2D eigenvalue weighted by Gasteiger charge is 2.37. The third kappa shape index (κ3) is 6.35. The molecule has 1 aromatic heterocycles. The molecular formula is C24H25NO7S. The molecule has 1 aliphatic rings. The summed E-state index contributed by atoms with van der Waals surface area (Å²) in [5.41, 5.74) is 1.19. The fraction of sp³-hybridized carbons (Fsp3) is 0.333. The van der Waals surface area contributed by atoms with Gasteiger partial charge < -0.3 is 13.9 Å². The van der Waals surface area contributed by atoms with Gasteiger partial charge >= 0.3 is 11.9 Å². The molecule has 9 heteroatoms. The Bertz CT molecular complexity index is 1070. The van der Waals surface area contributed by atoms with Crippen LogP contribution < -0.4 is 0 Å². The van der Waals surface area contributed by atoms with E-state index in [1.165, 1.54) is 6.08 Å². The van der Waals surface area contributed by atoms with Crippen LogP contribution in [0.25, 0.3) is 17.4 Å². The molecule has 0 N–H and O–H groups in total. The van der Waals surface area contributed by atoms with Crippen molar-refractivity contribution in [3.63, 3.8) is 0 Å². The molecule has 174 valence electrons. The van der Waals surface area contributed by atoms with Crippen LogP contribution in [-0.2, 0) is 19.1 Å². The minimum absolute atomic E-state index is 0.156. The van der Waals surface area contributed by atoms with Crippen molar-refractivity contribution in [2.45, 2.75) is 39.7 Å². The lowest BCUT2D eigenvalue weighted by Crippen LogP contribution is -2.35. The van der Waals surface area contributed by atoms with Crippen LogP contribution in [0.4, 0.5) is 4.79 Å². The molecule has 0 spiro atoms. The summed E-state index contributed by atoms with van der Waals surface area (Å²) in [5, 5.41) is -0.542.